The number of allylic oxidation sites excluding steroid dienone is 4. The SMILES string of the molecule is CC(=O)c1c(O)c(C)c(O)c2c1OC1=CC(=O)/C(=C(/C)NCC(=O)NC34CC5CC(CC(C5)C3)C4)C(=O)[C@@]12C. The molecule has 1 atom stereocenters. The maximum atomic E-state index is 13.9. The molecule has 0 radical (unpaired) electrons. The molecular weight excluding hydrogens is 500 g/mol. The summed E-state index contributed by atoms with van der Waals surface area (Å²) in [6, 6.07) is 0. The molecule has 0 aromatic heterocycles. The van der Waals surface area contributed by atoms with Gasteiger partial charge in [0, 0.05) is 22.9 Å². The van der Waals surface area contributed by atoms with Gasteiger partial charge in [-0.05, 0) is 84.0 Å². The van der Waals surface area contributed by atoms with E-state index in [0.29, 0.717) is 17.8 Å². The van der Waals surface area contributed by atoms with Crippen LogP contribution in [0.5, 0.6) is 17.2 Å². The highest BCUT2D eigenvalue weighted by Gasteiger charge is 2.56. The third-order valence-electron chi connectivity index (χ3n) is 9.72. The van der Waals surface area contributed by atoms with Gasteiger partial charge in [-0.1, -0.05) is 0 Å². The maximum absolute atomic E-state index is 13.9. The number of phenols is 2. The van der Waals surface area contributed by atoms with Gasteiger partial charge in [0.1, 0.15) is 34.0 Å². The van der Waals surface area contributed by atoms with Crippen molar-refractivity contribution >= 4 is 23.3 Å². The highest BCUT2D eigenvalue weighted by atomic mass is 16.5. The number of rotatable bonds is 5. The molecule has 206 valence electrons. The largest absolute Gasteiger partial charge is 0.507 e. The summed E-state index contributed by atoms with van der Waals surface area (Å²) < 4.78 is 5.80. The fourth-order valence-corrected chi connectivity index (χ4v) is 8.27. The number of carbonyl (C=O) groups excluding carboxylic acids is 4. The van der Waals surface area contributed by atoms with Gasteiger partial charge >= 0.3 is 0 Å². The molecule has 1 heterocycles. The Morgan fingerprint density at radius 3 is 2.18 bits per heavy atom. The molecule has 1 aromatic rings. The third-order valence-corrected chi connectivity index (χ3v) is 9.72. The molecule has 1 aromatic carbocycles. The van der Waals surface area contributed by atoms with Crippen molar-refractivity contribution in [1.82, 2.24) is 10.6 Å². The van der Waals surface area contributed by atoms with Crippen LogP contribution in [0.4, 0.5) is 0 Å². The lowest BCUT2D eigenvalue weighted by Gasteiger charge is -2.56. The van der Waals surface area contributed by atoms with E-state index >= 15 is 0 Å². The minimum atomic E-state index is -1.59. The number of nitrogens with one attached hydrogen (secondary N) is 2. The van der Waals surface area contributed by atoms with E-state index in [2.05, 4.69) is 10.6 Å². The summed E-state index contributed by atoms with van der Waals surface area (Å²) in [6.07, 6.45) is 8.05. The van der Waals surface area contributed by atoms with E-state index in [1.807, 2.05) is 0 Å². The number of fused-ring (bicyclic) bond motifs is 3. The molecule has 6 aliphatic rings. The Hall–Kier alpha value is -3.62. The van der Waals surface area contributed by atoms with Crippen LogP contribution in [0.2, 0.25) is 0 Å². The van der Waals surface area contributed by atoms with Crippen LogP contribution in [-0.4, -0.2) is 45.6 Å². The first-order valence-electron chi connectivity index (χ1n) is 13.7. The van der Waals surface area contributed by atoms with E-state index in [-0.39, 0.29) is 63.2 Å². The van der Waals surface area contributed by atoms with Gasteiger partial charge in [-0.25, -0.2) is 0 Å². The van der Waals surface area contributed by atoms with Crippen molar-refractivity contribution in [2.75, 3.05) is 6.54 Å². The summed E-state index contributed by atoms with van der Waals surface area (Å²) in [5.41, 5.74) is -1.70. The molecule has 4 bridgehead atoms. The third kappa shape index (κ3) is 3.65. The molecule has 4 N–H and O–H groups in total. The number of phenolic OH excluding ortho intramolecular Hbond substituents is 2. The minimum absolute atomic E-state index is 0.0218. The molecule has 7 rings (SSSR count). The second kappa shape index (κ2) is 8.44. The number of aromatic hydroxyl groups is 2. The predicted molar refractivity (Wildman–Crippen MR) is 140 cm³/mol. The van der Waals surface area contributed by atoms with Gasteiger partial charge in [-0.3, -0.25) is 19.2 Å². The molecule has 39 heavy (non-hydrogen) atoms. The van der Waals surface area contributed by atoms with Crippen molar-refractivity contribution < 1.29 is 34.1 Å². The van der Waals surface area contributed by atoms with Gasteiger partial charge in [0.15, 0.2) is 17.3 Å². The summed E-state index contributed by atoms with van der Waals surface area (Å²) >= 11 is 0. The van der Waals surface area contributed by atoms with Crippen LogP contribution < -0.4 is 15.4 Å². The number of amides is 1. The normalized spacial score (nSPS) is 33.2. The summed E-state index contributed by atoms with van der Waals surface area (Å²) in [4.78, 5) is 52.4. The average Bonchev–Trinajstić information content (AvgIpc) is 3.13. The van der Waals surface area contributed by atoms with Crippen molar-refractivity contribution in [2.45, 2.75) is 77.2 Å². The van der Waals surface area contributed by atoms with E-state index in [4.69, 9.17) is 4.74 Å². The highest BCUT2D eigenvalue weighted by Crippen LogP contribution is 2.58. The minimum Gasteiger partial charge on any atom is -0.507 e. The average molecular weight is 535 g/mol. The molecule has 4 fully saturated rings. The van der Waals surface area contributed by atoms with E-state index in [1.54, 1.807) is 6.92 Å². The Balaban J connectivity index is 1.27. The molecule has 9 nitrogen and oxygen atoms in total. The van der Waals surface area contributed by atoms with Crippen molar-refractivity contribution in [3.63, 3.8) is 0 Å². The Morgan fingerprint density at radius 1 is 1.03 bits per heavy atom. The van der Waals surface area contributed by atoms with Gasteiger partial charge < -0.3 is 25.6 Å². The number of carbonyl (C=O) groups is 4. The molecule has 1 amide bonds. The van der Waals surface area contributed by atoms with Crippen LogP contribution in [0.1, 0.15) is 80.8 Å². The lowest BCUT2D eigenvalue weighted by atomic mass is 9.53. The van der Waals surface area contributed by atoms with E-state index in [1.165, 1.54) is 46.1 Å². The molecule has 0 saturated heterocycles. The first-order chi connectivity index (χ1) is 18.3. The van der Waals surface area contributed by atoms with Crippen molar-refractivity contribution in [3.05, 3.63) is 39.8 Å². The first-order valence-corrected chi connectivity index (χ1v) is 13.7. The van der Waals surface area contributed by atoms with E-state index < -0.39 is 28.5 Å². The van der Waals surface area contributed by atoms with Crippen molar-refractivity contribution in [3.8, 4) is 17.2 Å². The topological polar surface area (TPSA) is 142 Å². The number of hydrogen-bond acceptors (Lipinski definition) is 8. The molecule has 9 heteroatoms. The Bertz CT molecular complexity index is 1400. The van der Waals surface area contributed by atoms with Gasteiger partial charge in [0.25, 0.3) is 0 Å². The Labute approximate surface area is 226 Å². The monoisotopic (exact) mass is 534 g/mol. The summed E-state index contributed by atoms with van der Waals surface area (Å²) in [5.74, 6) is -0.779. The lowest BCUT2D eigenvalue weighted by Crippen LogP contribution is -2.60. The number of Topliss-reactive ketones (excluding diaryl/α,β-unsaturated/α-hetero) is 2. The molecule has 0 spiro atoms. The molecule has 4 saturated carbocycles. The van der Waals surface area contributed by atoms with Crippen LogP contribution in [0, 0.1) is 24.7 Å². The highest BCUT2D eigenvalue weighted by molar-refractivity contribution is 6.31. The van der Waals surface area contributed by atoms with Crippen molar-refractivity contribution in [1.29, 1.82) is 0 Å². The second-order valence-electron chi connectivity index (χ2n) is 12.5. The van der Waals surface area contributed by atoms with Gasteiger partial charge in [-0.15, -0.1) is 0 Å². The molecule has 0 unspecified atom stereocenters. The van der Waals surface area contributed by atoms with Crippen LogP contribution in [-0.2, 0) is 19.8 Å². The Kier molecular flexibility index (Phi) is 5.55. The van der Waals surface area contributed by atoms with Gasteiger partial charge in [0.2, 0.25) is 5.91 Å². The quantitative estimate of drug-likeness (QED) is 0.256. The standard InChI is InChI=1S/C30H34N2O7/c1-13-25(36)23(15(3)33)27-24(26(13)37)29(4)20(39-27)8-19(34)22(28(29)38)14(2)31-12-21(35)32-30-9-16-5-17(10-30)7-18(6-16)11-30/h8,16-18,31,36-37H,5-7,9-12H2,1-4H3,(H,32,35)/b22-14+/t16?,17?,18?,29-,30?/m0/s1. The summed E-state index contributed by atoms with van der Waals surface area (Å²) in [5, 5.41) is 27.7. The van der Waals surface area contributed by atoms with Crippen LogP contribution in [0.15, 0.2) is 23.1 Å². The zero-order valence-electron chi connectivity index (χ0n) is 22.7. The smallest absolute Gasteiger partial charge is 0.239 e. The number of ether oxygens (including phenoxy) is 1. The van der Waals surface area contributed by atoms with E-state index in [9.17, 15) is 29.4 Å². The zero-order chi connectivity index (χ0) is 28.0. The van der Waals surface area contributed by atoms with Gasteiger partial charge in [0.05, 0.1) is 17.7 Å². The summed E-state index contributed by atoms with van der Waals surface area (Å²) in [7, 11) is 0. The number of hydrogen-bond donors (Lipinski definition) is 4. The molecule has 5 aliphatic carbocycles. The fraction of sp³-hybridized carbons (Fsp3) is 0.533. The lowest BCUT2D eigenvalue weighted by molar-refractivity contribution is -0.126. The molecule has 1 aliphatic heterocycles. The number of benzene rings is 1. The van der Waals surface area contributed by atoms with E-state index in [0.717, 1.165) is 19.3 Å². The maximum Gasteiger partial charge on any atom is 0.239 e. The Morgan fingerprint density at radius 2 is 1.62 bits per heavy atom. The molecular formula is C30H34N2O7. The van der Waals surface area contributed by atoms with Crippen LogP contribution in [0.3, 0.4) is 0 Å². The summed E-state index contributed by atoms with van der Waals surface area (Å²) in [6.45, 7) is 5.70. The zero-order valence-corrected chi connectivity index (χ0v) is 22.7. The number of ketones is 3. The van der Waals surface area contributed by atoms with Crippen LogP contribution in [0.25, 0.3) is 0 Å². The van der Waals surface area contributed by atoms with Crippen molar-refractivity contribution in [2.24, 2.45) is 17.8 Å². The fourth-order valence-electron chi connectivity index (χ4n) is 8.27. The van der Waals surface area contributed by atoms with Crippen LogP contribution >= 0.6 is 0 Å². The predicted octanol–water partition coefficient (Wildman–Crippen LogP) is 3.24. The first kappa shape index (κ1) is 25.6. The second-order valence-corrected chi connectivity index (χ2v) is 12.5. The van der Waals surface area contributed by atoms with Gasteiger partial charge in [-0.2, -0.15) is 0 Å².